The Balaban J connectivity index is 2.40. The first-order chi connectivity index (χ1) is 7.08. The van der Waals surface area contributed by atoms with Gasteiger partial charge < -0.3 is 9.84 Å². The van der Waals surface area contributed by atoms with Crippen molar-refractivity contribution in [3.63, 3.8) is 0 Å². The van der Waals surface area contributed by atoms with Crippen LogP contribution in [-0.2, 0) is 11.2 Å². The van der Waals surface area contributed by atoms with E-state index in [2.05, 4.69) is 0 Å². The maximum atomic E-state index is 9.67. The number of benzene rings is 1. The van der Waals surface area contributed by atoms with Gasteiger partial charge in [0.05, 0.1) is 18.8 Å². The standard InChI is InChI=1S/C12H17ClO2/c1-9(2)15-8-12(14)7-10-4-3-5-11(13)6-10/h3-6,9,12,14H,7-8H2,1-2H3. The van der Waals surface area contributed by atoms with Crippen LogP contribution in [0.3, 0.4) is 0 Å². The van der Waals surface area contributed by atoms with Gasteiger partial charge in [0.1, 0.15) is 0 Å². The molecule has 1 rings (SSSR count). The minimum atomic E-state index is -0.467. The molecule has 1 atom stereocenters. The number of ether oxygens (including phenoxy) is 1. The van der Waals surface area contributed by atoms with Crippen LogP contribution in [0, 0.1) is 0 Å². The van der Waals surface area contributed by atoms with E-state index in [1.165, 1.54) is 0 Å². The normalized spacial score (nSPS) is 13.1. The first kappa shape index (κ1) is 12.5. The molecule has 0 bridgehead atoms. The Hall–Kier alpha value is -0.570. The third-order valence-electron chi connectivity index (χ3n) is 1.98. The molecule has 84 valence electrons. The van der Waals surface area contributed by atoms with E-state index >= 15 is 0 Å². The lowest BCUT2D eigenvalue weighted by Gasteiger charge is -2.13. The predicted molar refractivity (Wildman–Crippen MR) is 62.3 cm³/mol. The molecule has 2 nitrogen and oxygen atoms in total. The molecule has 0 aliphatic rings. The molecule has 1 aromatic rings. The van der Waals surface area contributed by atoms with Crippen LogP contribution in [0.5, 0.6) is 0 Å². The van der Waals surface area contributed by atoms with E-state index in [-0.39, 0.29) is 6.10 Å². The smallest absolute Gasteiger partial charge is 0.0814 e. The van der Waals surface area contributed by atoms with Crippen molar-refractivity contribution in [2.45, 2.75) is 32.5 Å². The van der Waals surface area contributed by atoms with Crippen molar-refractivity contribution in [2.75, 3.05) is 6.61 Å². The van der Waals surface area contributed by atoms with Crippen LogP contribution in [-0.4, -0.2) is 23.9 Å². The minimum Gasteiger partial charge on any atom is -0.390 e. The van der Waals surface area contributed by atoms with Gasteiger partial charge >= 0.3 is 0 Å². The highest BCUT2D eigenvalue weighted by atomic mass is 35.5. The van der Waals surface area contributed by atoms with Crippen molar-refractivity contribution >= 4 is 11.6 Å². The van der Waals surface area contributed by atoms with Crippen molar-refractivity contribution in [1.82, 2.24) is 0 Å². The quantitative estimate of drug-likeness (QED) is 0.840. The molecule has 0 radical (unpaired) electrons. The van der Waals surface area contributed by atoms with Crippen molar-refractivity contribution in [1.29, 1.82) is 0 Å². The van der Waals surface area contributed by atoms with Crippen LogP contribution < -0.4 is 0 Å². The van der Waals surface area contributed by atoms with E-state index in [4.69, 9.17) is 16.3 Å². The topological polar surface area (TPSA) is 29.5 Å². The largest absolute Gasteiger partial charge is 0.390 e. The molecule has 0 heterocycles. The Morgan fingerprint density at radius 1 is 1.40 bits per heavy atom. The van der Waals surface area contributed by atoms with Crippen LogP contribution in [0.25, 0.3) is 0 Å². The molecule has 0 saturated carbocycles. The average Bonchev–Trinajstić information content (AvgIpc) is 2.15. The molecular formula is C12H17ClO2. The number of hydrogen-bond donors (Lipinski definition) is 1. The van der Waals surface area contributed by atoms with Gasteiger partial charge in [-0.3, -0.25) is 0 Å². The molecule has 15 heavy (non-hydrogen) atoms. The number of halogens is 1. The first-order valence-electron chi connectivity index (χ1n) is 5.12. The molecule has 0 amide bonds. The Bertz CT molecular complexity index is 299. The Labute approximate surface area is 95.8 Å². The Morgan fingerprint density at radius 3 is 2.73 bits per heavy atom. The molecule has 0 aromatic heterocycles. The monoisotopic (exact) mass is 228 g/mol. The maximum absolute atomic E-state index is 9.67. The van der Waals surface area contributed by atoms with Gasteiger partial charge in [0.15, 0.2) is 0 Å². The second kappa shape index (κ2) is 6.11. The molecule has 1 unspecified atom stereocenters. The molecule has 0 spiro atoms. The maximum Gasteiger partial charge on any atom is 0.0814 e. The number of hydrogen-bond acceptors (Lipinski definition) is 2. The highest BCUT2D eigenvalue weighted by molar-refractivity contribution is 6.30. The number of aliphatic hydroxyl groups is 1. The Morgan fingerprint density at radius 2 is 2.13 bits per heavy atom. The average molecular weight is 229 g/mol. The van der Waals surface area contributed by atoms with E-state index in [9.17, 15) is 5.11 Å². The predicted octanol–water partition coefficient (Wildman–Crippen LogP) is 2.67. The second-order valence-electron chi connectivity index (χ2n) is 3.87. The molecule has 0 aliphatic carbocycles. The van der Waals surface area contributed by atoms with Crippen LogP contribution >= 0.6 is 11.6 Å². The lowest BCUT2D eigenvalue weighted by atomic mass is 10.1. The summed E-state index contributed by atoms with van der Waals surface area (Å²) in [6.07, 6.45) is 0.262. The fraction of sp³-hybridized carbons (Fsp3) is 0.500. The van der Waals surface area contributed by atoms with Crippen LogP contribution in [0.2, 0.25) is 5.02 Å². The van der Waals surface area contributed by atoms with Gasteiger partial charge in [0, 0.05) is 11.4 Å². The number of aliphatic hydroxyl groups excluding tert-OH is 1. The minimum absolute atomic E-state index is 0.152. The zero-order chi connectivity index (χ0) is 11.3. The van der Waals surface area contributed by atoms with E-state index in [0.717, 1.165) is 5.56 Å². The van der Waals surface area contributed by atoms with Crippen molar-refractivity contribution in [2.24, 2.45) is 0 Å². The Kier molecular flexibility index (Phi) is 5.09. The molecule has 3 heteroatoms. The van der Waals surface area contributed by atoms with Crippen molar-refractivity contribution in [3.8, 4) is 0 Å². The lowest BCUT2D eigenvalue weighted by molar-refractivity contribution is 0.00621. The van der Waals surface area contributed by atoms with Gasteiger partial charge in [-0.25, -0.2) is 0 Å². The van der Waals surface area contributed by atoms with Gasteiger partial charge in [0.2, 0.25) is 0 Å². The van der Waals surface area contributed by atoms with Gasteiger partial charge in [-0.1, -0.05) is 23.7 Å². The molecule has 1 aromatic carbocycles. The lowest BCUT2D eigenvalue weighted by Crippen LogP contribution is -2.20. The van der Waals surface area contributed by atoms with E-state index in [0.29, 0.717) is 18.1 Å². The fourth-order valence-corrected chi connectivity index (χ4v) is 1.51. The van der Waals surface area contributed by atoms with Crippen LogP contribution in [0.4, 0.5) is 0 Å². The zero-order valence-electron chi connectivity index (χ0n) is 9.11. The molecule has 0 saturated heterocycles. The summed E-state index contributed by atoms with van der Waals surface area (Å²) >= 11 is 5.84. The second-order valence-corrected chi connectivity index (χ2v) is 4.31. The SMILES string of the molecule is CC(C)OCC(O)Cc1cccc(Cl)c1. The van der Waals surface area contributed by atoms with E-state index < -0.39 is 6.10 Å². The molecule has 0 fully saturated rings. The van der Waals surface area contributed by atoms with Gasteiger partial charge in [-0.2, -0.15) is 0 Å². The molecular weight excluding hydrogens is 212 g/mol. The van der Waals surface area contributed by atoms with Crippen LogP contribution in [0.1, 0.15) is 19.4 Å². The summed E-state index contributed by atoms with van der Waals surface area (Å²) in [7, 11) is 0. The van der Waals surface area contributed by atoms with Crippen LogP contribution in [0.15, 0.2) is 24.3 Å². The summed E-state index contributed by atoms with van der Waals surface area (Å²) in [5.41, 5.74) is 1.03. The number of rotatable bonds is 5. The fourth-order valence-electron chi connectivity index (χ4n) is 1.30. The zero-order valence-corrected chi connectivity index (χ0v) is 9.87. The van der Waals surface area contributed by atoms with Crippen molar-refractivity contribution < 1.29 is 9.84 Å². The summed E-state index contributed by atoms with van der Waals surface area (Å²) < 4.78 is 5.32. The summed E-state index contributed by atoms with van der Waals surface area (Å²) in [6, 6.07) is 7.51. The van der Waals surface area contributed by atoms with Gasteiger partial charge in [0.25, 0.3) is 0 Å². The van der Waals surface area contributed by atoms with Crippen molar-refractivity contribution in [3.05, 3.63) is 34.9 Å². The third-order valence-corrected chi connectivity index (χ3v) is 2.22. The third kappa shape index (κ3) is 5.17. The molecule has 1 N–H and O–H groups in total. The molecule has 0 aliphatic heterocycles. The van der Waals surface area contributed by atoms with Gasteiger partial charge in [-0.05, 0) is 31.5 Å². The summed E-state index contributed by atoms with van der Waals surface area (Å²) in [4.78, 5) is 0. The van der Waals surface area contributed by atoms with E-state index in [1.54, 1.807) is 0 Å². The highest BCUT2D eigenvalue weighted by Gasteiger charge is 2.07. The summed E-state index contributed by atoms with van der Waals surface area (Å²) in [5.74, 6) is 0. The van der Waals surface area contributed by atoms with E-state index in [1.807, 2.05) is 38.1 Å². The summed E-state index contributed by atoms with van der Waals surface area (Å²) in [5, 5.41) is 10.4. The highest BCUT2D eigenvalue weighted by Crippen LogP contribution is 2.12. The van der Waals surface area contributed by atoms with Gasteiger partial charge in [-0.15, -0.1) is 0 Å². The summed E-state index contributed by atoms with van der Waals surface area (Å²) in [6.45, 7) is 4.27. The first-order valence-corrected chi connectivity index (χ1v) is 5.50.